The first-order valence-corrected chi connectivity index (χ1v) is 10.1. The molecule has 1 heterocycles. The number of thioether (sulfide) groups is 1. The third-order valence-corrected chi connectivity index (χ3v) is 5.07. The van der Waals surface area contributed by atoms with Gasteiger partial charge in [-0.15, -0.1) is 16.8 Å². The van der Waals surface area contributed by atoms with Crippen molar-refractivity contribution in [2.75, 3.05) is 5.75 Å². The lowest BCUT2D eigenvalue weighted by atomic mass is 9.89. The van der Waals surface area contributed by atoms with Crippen molar-refractivity contribution in [2.45, 2.75) is 76.0 Å². The molecule has 1 aliphatic rings. The first kappa shape index (κ1) is 20.5. The highest BCUT2D eigenvalue weighted by atomic mass is 32.2. The quantitative estimate of drug-likeness (QED) is 0.585. The van der Waals surface area contributed by atoms with Gasteiger partial charge in [0.25, 0.3) is 0 Å². The summed E-state index contributed by atoms with van der Waals surface area (Å²) in [6.45, 7) is 10.0. The van der Waals surface area contributed by atoms with Gasteiger partial charge in [0, 0.05) is 18.0 Å². The third kappa shape index (κ3) is 6.16. The Kier molecular flexibility index (Phi) is 7.25. The Morgan fingerprint density at radius 1 is 1.27 bits per heavy atom. The summed E-state index contributed by atoms with van der Waals surface area (Å²) in [5.74, 6) is 1.16. The molecule has 26 heavy (non-hydrogen) atoms. The van der Waals surface area contributed by atoms with Crippen LogP contribution in [0, 0.1) is 0 Å². The Labute approximate surface area is 159 Å². The number of allylic oxidation sites excluding steroid dienone is 1. The molecule has 1 fully saturated rings. The van der Waals surface area contributed by atoms with Crippen LogP contribution < -0.4 is 10.6 Å². The zero-order valence-corrected chi connectivity index (χ0v) is 16.7. The topological polar surface area (TPSA) is 88.9 Å². The van der Waals surface area contributed by atoms with Crippen molar-refractivity contribution in [1.82, 2.24) is 25.4 Å². The molecule has 0 radical (unpaired) electrons. The normalized spacial score (nSPS) is 15.5. The molecule has 0 spiro atoms. The summed E-state index contributed by atoms with van der Waals surface area (Å²) >= 11 is 1.29. The molecule has 0 aliphatic heterocycles. The lowest BCUT2D eigenvalue weighted by Gasteiger charge is -2.21. The van der Waals surface area contributed by atoms with E-state index >= 15 is 0 Å². The molecule has 2 N–H and O–H groups in total. The fourth-order valence-corrected chi connectivity index (χ4v) is 3.79. The molecular weight excluding hydrogens is 350 g/mol. The standard InChI is InChI=1S/C18H29N5O2S/c1-5-11-23-15(13-9-7-6-8-10-13)21-22-17(23)26-12-14(24)19-16(25)20-18(2,3)4/h5,13H,1,6-12H2,2-4H3,(H2,19,20,24,25). The van der Waals surface area contributed by atoms with Crippen molar-refractivity contribution in [1.29, 1.82) is 0 Å². The van der Waals surface area contributed by atoms with Crippen LogP contribution in [0.5, 0.6) is 0 Å². The van der Waals surface area contributed by atoms with E-state index in [-0.39, 0.29) is 11.7 Å². The Hall–Kier alpha value is -1.83. The molecule has 0 unspecified atom stereocenters. The van der Waals surface area contributed by atoms with Gasteiger partial charge in [-0.2, -0.15) is 0 Å². The number of hydrogen-bond donors (Lipinski definition) is 2. The minimum atomic E-state index is -0.487. The average molecular weight is 380 g/mol. The molecule has 0 saturated heterocycles. The lowest BCUT2D eigenvalue weighted by molar-refractivity contribution is -0.117. The van der Waals surface area contributed by atoms with E-state index in [4.69, 9.17) is 0 Å². The maximum absolute atomic E-state index is 12.0. The molecule has 3 amide bonds. The van der Waals surface area contributed by atoms with Gasteiger partial charge in [0.2, 0.25) is 5.91 Å². The summed E-state index contributed by atoms with van der Waals surface area (Å²) < 4.78 is 2.04. The summed E-state index contributed by atoms with van der Waals surface area (Å²) in [6, 6.07) is -0.487. The second-order valence-electron chi connectivity index (χ2n) is 7.62. The highest BCUT2D eigenvalue weighted by molar-refractivity contribution is 7.99. The number of nitrogens with zero attached hydrogens (tertiary/aromatic N) is 3. The lowest BCUT2D eigenvalue weighted by Crippen LogP contribution is -2.48. The van der Waals surface area contributed by atoms with Gasteiger partial charge < -0.3 is 9.88 Å². The van der Waals surface area contributed by atoms with Crippen LogP contribution in [0.15, 0.2) is 17.8 Å². The van der Waals surface area contributed by atoms with Crippen LogP contribution in [-0.2, 0) is 11.3 Å². The molecule has 0 atom stereocenters. The van der Waals surface area contributed by atoms with E-state index < -0.39 is 11.6 Å². The Morgan fingerprint density at radius 3 is 2.58 bits per heavy atom. The van der Waals surface area contributed by atoms with Gasteiger partial charge >= 0.3 is 6.03 Å². The summed E-state index contributed by atoms with van der Waals surface area (Å²) in [5.41, 5.74) is -0.392. The number of imide groups is 1. The minimum Gasteiger partial charge on any atom is -0.333 e. The summed E-state index contributed by atoms with van der Waals surface area (Å²) in [7, 11) is 0. The van der Waals surface area contributed by atoms with Gasteiger partial charge in [0.05, 0.1) is 5.75 Å². The molecule has 1 aromatic heterocycles. The number of carbonyl (C=O) groups is 2. The number of amides is 3. The number of aromatic nitrogens is 3. The van der Waals surface area contributed by atoms with Crippen LogP contribution in [0.1, 0.15) is 64.6 Å². The fourth-order valence-electron chi connectivity index (χ4n) is 3.03. The van der Waals surface area contributed by atoms with Crippen LogP contribution in [0.3, 0.4) is 0 Å². The molecule has 1 saturated carbocycles. The highest BCUT2D eigenvalue weighted by Gasteiger charge is 2.23. The second-order valence-corrected chi connectivity index (χ2v) is 8.56. The van der Waals surface area contributed by atoms with Crippen molar-refractivity contribution in [2.24, 2.45) is 0 Å². The van der Waals surface area contributed by atoms with Gasteiger partial charge in [0.15, 0.2) is 5.16 Å². The van der Waals surface area contributed by atoms with E-state index in [0.29, 0.717) is 17.6 Å². The number of rotatable bonds is 6. The number of carbonyl (C=O) groups excluding carboxylic acids is 2. The van der Waals surface area contributed by atoms with Crippen LogP contribution in [0.25, 0.3) is 0 Å². The third-order valence-electron chi connectivity index (χ3n) is 4.10. The van der Waals surface area contributed by atoms with Crippen molar-refractivity contribution >= 4 is 23.7 Å². The molecule has 2 rings (SSSR count). The molecular formula is C18H29N5O2S. The van der Waals surface area contributed by atoms with E-state index in [1.165, 1.54) is 31.0 Å². The molecule has 7 nitrogen and oxygen atoms in total. The van der Waals surface area contributed by atoms with E-state index in [0.717, 1.165) is 18.7 Å². The van der Waals surface area contributed by atoms with Crippen LogP contribution >= 0.6 is 11.8 Å². The van der Waals surface area contributed by atoms with E-state index in [9.17, 15) is 9.59 Å². The van der Waals surface area contributed by atoms with Crippen molar-refractivity contribution in [3.8, 4) is 0 Å². The van der Waals surface area contributed by atoms with Gasteiger partial charge in [0.1, 0.15) is 5.82 Å². The largest absolute Gasteiger partial charge is 0.333 e. The maximum atomic E-state index is 12.0. The second kappa shape index (κ2) is 9.21. The van der Waals surface area contributed by atoms with Gasteiger partial charge in [-0.05, 0) is 33.6 Å². The molecule has 144 valence electrons. The Morgan fingerprint density at radius 2 is 1.96 bits per heavy atom. The summed E-state index contributed by atoms with van der Waals surface area (Å²) in [5, 5.41) is 14.4. The van der Waals surface area contributed by atoms with Gasteiger partial charge in [-0.3, -0.25) is 10.1 Å². The van der Waals surface area contributed by atoms with Gasteiger partial charge in [-0.1, -0.05) is 37.1 Å². The SMILES string of the molecule is C=CCn1c(SCC(=O)NC(=O)NC(C)(C)C)nnc1C1CCCCC1. The van der Waals surface area contributed by atoms with Crippen molar-refractivity contribution in [3.63, 3.8) is 0 Å². The van der Waals surface area contributed by atoms with E-state index in [1.807, 2.05) is 31.4 Å². The predicted molar refractivity (Wildman–Crippen MR) is 103 cm³/mol. The zero-order valence-electron chi connectivity index (χ0n) is 15.9. The molecule has 1 aromatic rings. The van der Waals surface area contributed by atoms with Crippen molar-refractivity contribution < 1.29 is 9.59 Å². The Bertz CT molecular complexity index is 644. The highest BCUT2D eigenvalue weighted by Crippen LogP contribution is 2.33. The maximum Gasteiger partial charge on any atom is 0.321 e. The monoisotopic (exact) mass is 379 g/mol. The Balaban J connectivity index is 1.96. The first-order chi connectivity index (χ1) is 12.3. The number of urea groups is 1. The van der Waals surface area contributed by atoms with Crippen LogP contribution in [0.4, 0.5) is 4.79 Å². The minimum absolute atomic E-state index is 0.109. The zero-order chi connectivity index (χ0) is 19.2. The fraction of sp³-hybridized carbons (Fsp3) is 0.667. The smallest absolute Gasteiger partial charge is 0.321 e. The van der Waals surface area contributed by atoms with Crippen LogP contribution in [0.2, 0.25) is 0 Å². The summed E-state index contributed by atoms with van der Waals surface area (Å²) in [4.78, 5) is 23.8. The number of nitrogens with one attached hydrogen (secondary N) is 2. The first-order valence-electron chi connectivity index (χ1n) is 9.09. The molecule has 8 heteroatoms. The molecule has 0 aromatic carbocycles. The van der Waals surface area contributed by atoms with Crippen LogP contribution in [-0.4, -0.2) is 38.0 Å². The molecule has 1 aliphatic carbocycles. The predicted octanol–water partition coefficient (Wildman–Crippen LogP) is 3.23. The van der Waals surface area contributed by atoms with Crippen molar-refractivity contribution in [3.05, 3.63) is 18.5 Å². The number of hydrogen-bond acceptors (Lipinski definition) is 5. The average Bonchev–Trinajstić information content (AvgIpc) is 2.95. The molecule has 0 bridgehead atoms. The summed E-state index contributed by atoms with van der Waals surface area (Å²) in [6.07, 6.45) is 7.81. The van der Waals surface area contributed by atoms with Gasteiger partial charge in [-0.25, -0.2) is 4.79 Å². The van der Waals surface area contributed by atoms with E-state index in [2.05, 4.69) is 27.4 Å². The van der Waals surface area contributed by atoms with E-state index in [1.54, 1.807) is 0 Å².